The lowest BCUT2D eigenvalue weighted by molar-refractivity contribution is -0.130. The van der Waals surface area contributed by atoms with Crippen LogP contribution in [0.1, 0.15) is 31.9 Å². The lowest BCUT2D eigenvalue weighted by atomic mass is 9.93. The van der Waals surface area contributed by atoms with Crippen molar-refractivity contribution in [3.63, 3.8) is 0 Å². The minimum atomic E-state index is -0.116. The van der Waals surface area contributed by atoms with Crippen molar-refractivity contribution in [3.8, 4) is 11.1 Å². The highest BCUT2D eigenvalue weighted by molar-refractivity contribution is 5.86. The Labute approximate surface area is 125 Å². The predicted molar refractivity (Wildman–Crippen MR) is 83.9 cm³/mol. The molecule has 0 aliphatic carbocycles. The monoisotopic (exact) mass is 280 g/mol. The fourth-order valence-corrected chi connectivity index (χ4v) is 2.90. The first-order chi connectivity index (χ1) is 9.99. The van der Waals surface area contributed by atoms with Gasteiger partial charge in [-0.1, -0.05) is 36.4 Å². The normalized spacial score (nSPS) is 20.8. The van der Waals surface area contributed by atoms with E-state index in [-0.39, 0.29) is 17.4 Å². The van der Waals surface area contributed by atoms with Gasteiger partial charge in [-0.2, -0.15) is 0 Å². The second kappa shape index (κ2) is 4.99. The summed E-state index contributed by atoms with van der Waals surface area (Å²) in [6.07, 6.45) is 2.68. The summed E-state index contributed by atoms with van der Waals surface area (Å²) in [5.41, 5.74) is 3.00. The van der Waals surface area contributed by atoms with Crippen LogP contribution in [0.5, 0.6) is 0 Å². The first kappa shape index (κ1) is 13.8. The molecule has 1 aromatic carbocycles. The van der Waals surface area contributed by atoms with Crippen molar-refractivity contribution in [2.45, 2.75) is 31.7 Å². The Balaban J connectivity index is 1.87. The van der Waals surface area contributed by atoms with Gasteiger partial charge in [-0.3, -0.25) is 9.78 Å². The van der Waals surface area contributed by atoms with Crippen molar-refractivity contribution in [1.29, 1.82) is 0 Å². The van der Waals surface area contributed by atoms with Crippen LogP contribution in [0.25, 0.3) is 11.1 Å². The third kappa shape index (κ3) is 2.44. The standard InChI is InChI=1S/C18H20N2O/c1-18(2)11-15(17(21)20(18)3)16-10-9-14(12-19-16)13-7-5-4-6-8-13/h4-10,12,15H,11H2,1-3H3. The Morgan fingerprint density at radius 3 is 2.33 bits per heavy atom. The Kier molecular flexibility index (Phi) is 3.28. The van der Waals surface area contributed by atoms with Crippen molar-refractivity contribution in [1.82, 2.24) is 9.88 Å². The topological polar surface area (TPSA) is 33.2 Å². The third-order valence-corrected chi connectivity index (χ3v) is 4.49. The van der Waals surface area contributed by atoms with Crippen molar-refractivity contribution >= 4 is 5.91 Å². The Morgan fingerprint density at radius 2 is 1.81 bits per heavy atom. The zero-order valence-corrected chi connectivity index (χ0v) is 12.7. The number of hydrogen-bond donors (Lipinski definition) is 0. The molecule has 1 saturated heterocycles. The zero-order chi connectivity index (χ0) is 15.0. The number of pyridine rings is 1. The molecule has 3 rings (SSSR count). The van der Waals surface area contributed by atoms with Gasteiger partial charge in [-0.25, -0.2) is 0 Å². The summed E-state index contributed by atoms with van der Waals surface area (Å²) in [7, 11) is 1.88. The van der Waals surface area contributed by atoms with E-state index in [1.807, 2.05) is 42.4 Å². The van der Waals surface area contributed by atoms with E-state index in [1.54, 1.807) is 0 Å². The first-order valence-corrected chi connectivity index (χ1v) is 7.28. The second-order valence-corrected chi connectivity index (χ2v) is 6.30. The molecule has 1 aliphatic rings. The molecule has 1 atom stereocenters. The molecule has 0 radical (unpaired) electrons. The molecule has 2 heterocycles. The van der Waals surface area contributed by atoms with Crippen LogP contribution in [-0.4, -0.2) is 28.4 Å². The van der Waals surface area contributed by atoms with Crippen molar-refractivity contribution < 1.29 is 4.79 Å². The maximum atomic E-state index is 12.4. The maximum Gasteiger partial charge on any atom is 0.231 e. The summed E-state index contributed by atoms with van der Waals surface area (Å²) >= 11 is 0. The summed E-state index contributed by atoms with van der Waals surface area (Å²) in [6, 6.07) is 14.2. The number of amides is 1. The van der Waals surface area contributed by atoms with Gasteiger partial charge >= 0.3 is 0 Å². The van der Waals surface area contributed by atoms with E-state index in [0.29, 0.717) is 0 Å². The van der Waals surface area contributed by atoms with Crippen molar-refractivity contribution in [2.75, 3.05) is 7.05 Å². The van der Waals surface area contributed by atoms with Gasteiger partial charge in [-0.15, -0.1) is 0 Å². The van der Waals surface area contributed by atoms with E-state index >= 15 is 0 Å². The van der Waals surface area contributed by atoms with Crippen LogP contribution in [0.3, 0.4) is 0 Å². The Bertz CT molecular complexity index is 647. The first-order valence-electron chi connectivity index (χ1n) is 7.28. The van der Waals surface area contributed by atoms with E-state index in [9.17, 15) is 4.79 Å². The van der Waals surface area contributed by atoms with E-state index in [1.165, 1.54) is 0 Å². The van der Waals surface area contributed by atoms with E-state index in [0.717, 1.165) is 23.2 Å². The fraction of sp³-hybridized carbons (Fsp3) is 0.333. The van der Waals surface area contributed by atoms with Gasteiger partial charge in [0.2, 0.25) is 5.91 Å². The average molecular weight is 280 g/mol. The number of carbonyl (C=O) groups excluding carboxylic acids is 1. The molecule has 108 valence electrons. The fourth-order valence-electron chi connectivity index (χ4n) is 2.90. The maximum absolute atomic E-state index is 12.4. The van der Waals surface area contributed by atoms with Crippen LogP contribution in [0.2, 0.25) is 0 Å². The van der Waals surface area contributed by atoms with Crippen LogP contribution < -0.4 is 0 Å². The average Bonchev–Trinajstić information content (AvgIpc) is 2.72. The van der Waals surface area contributed by atoms with Crippen molar-refractivity contribution in [3.05, 3.63) is 54.4 Å². The third-order valence-electron chi connectivity index (χ3n) is 4.49. The Morgan fingerprint density at radius 1 is 1.10 bits per heavy atom. The van der Waals surface area contributed by atoms with E-state index in [4.69, 9.17) is 0 Å². The summed E-state index contributed by atoms with van der Waals surface area (Å²) in [5, 5.41) is 0. The highest BCUT2D eigenvalue weighted by Gasteiger charge is 2.43. The van der Waals surface area contributed by atoms with Gasteiger partial charge < -0.3 is 4.90 Å². The molecule has 0 N–H and O–H groups in total. The molecule has 1 unspecified atom stereocenters. The van der Waals surface area contributed by atoms with Crippen LogP contribution in [0, 0.1) is 0 Å². The van der Waals surface area contributed by atoms with Crippen LogP contribution >= 0.6 is 0 Å². The summed E-state index contributed by atoms with van der Waals surface area (Å²) < 4.78 is 0. The molecule has 3 heteroatoms. The largest absolute Gasteiger partial charge is 0.340 e. The number of rotatable bonds is 2. The number of aromatic nitrogens is 1. The number of benzene rings is 1. The van der Waals surface area contributed by atoms with E-state index in [2.05, 4.69) is 37.0 Å². The molecule has 0 bridgehead atoms. The van der Waals surface area contributed by atoms with Gasteiger partial charge in [0.25, 0.3) is 0 Å². The minimum absolute atomic E-state index is 0.0957. The zero-order valence-electron chi connectivity index (χ0n) is 12.7. The van der Waals surface area contributed by atoms with Crippen LogP contribution in [0.4, 0.5) is 0 Å². The number of likely N-dealkylation sites (tertiary alicyclic amines) is 1. The van der Waals surface area contributed by atoms with Gasteiger partial charge in [0, 0.05) is 24.3 Å². The van der Waals surface area contributed by atoms with Gasteiger partial charge in [-0.05, 0) is 31.9 Å². The number of nitrogens with zero attached hydrogens (tertiary/aromatic N) is 2. The lowest BCUT2D eigenvalue weighted by Crippen LogP contribution is -2.37. The molecule has 1 aliphatic heterocycles. The number of carbonyl (C=O) groups is 1. The molecule has 1 fully saturated rings. The molecule has 2 aromatic rings. The smallest absolute Gasteiger partial charge is 0.231 e. The predicted octanol–water partition coefficient (Wildman–Crippen LogP) is 3.47. The quantitative estimate of drug-likeness (QED) is 0.844. The summed E-state index contributed by atoms with van der Waals surface area (Å²) in [5.74, 6) is 0.0507. The van der Waals surface area contributed by atoms with Crippen molar-refractivity contribution in [2.24, 2.45) is 0 Å². The summed E-state index contributed by atoms with van der Waals surface area (Å²) in [6.45, 7) is 4.20. The molecule has 0 spiro atoms. The highest BCUT2D eigenvalue weighted by atomic mass is 16.2. The van der Waals surface area contributed by atoms with E-state index < -0.39 is 0 Å². The second-order valence-electron chi connectivity index (χ2n) is 6.30. The molecular weight excluding hydrogens is 260 g/mol. The molecular formula is C18H20N2O. The molecule has 3 nitrogen and oxygen atoms in total. The van der Waals surface area contributed by atoms with Crippen LogP contribution in [0.15, 0.2) is 48.7 Å². The highest BCUT2D eigenvalue weighted by Crippen LogP contribution is 2.38. The number of hydrogen-bond acceptors (Lipinski definition) is 2. The molecule has 1 amide bonds. The summed E-state index contributed by atoms with van der Waals surface area (Å²) in [4.78, 5) is 18.7. The lowest BCUT2D eigenvalue weighted by Gasteiger charge is -2.26. The van der Waals surface area contributed by atoms with Crippen LogP contribution in [-0.2, 0) is 4.79 Å². The number of likely N-dealkylation sites (N-methyl/N-ethyl adjacent to an activating group) is 1. The van der Waals surface area contributed by atoms with Gasteiger partial charge in [0.15, 0.2) is 0 Å². The van der Waals surface area contributed by atoms with Gasteiger partial charge in [0.05, 0.1) is 11.6 Å². The molecule has 21 heavy (non-hydrogen) atoms. The molecule has 1 aromatic heterocycles. The molecule has 0 saturated carbocycles. The Hall–Kier alpha value is -2.16. The minimum Gasteiger partial charge on any atom is -0.340 e. The van der Waals surface area contributed by atoms with Gasteiger partial charge in [0.1, 0.15) is 0 Å². The SMILES string of the molecule is CN1C(=O)C(c2ccc(-c3ccccc3)cn2)CC1(C)C.